The first-order valence-corrected chi connectivity index (χ1v) is 11.3. The van der Waals surface area contributed by atoms with Crippen molar-refractivity contribution in [2.24, 2.45) is 17.2 Å². The van der Waals surface area contributed by atoms with Crippen molar-refractivity contribution in [3.05, 3.63) is 0 Å². The molecule has 0 spiro atoms. The molecule has 0 aromatic heterocycles. The van der Waals surface area contributed by atoms with Gasteiger partial charge in [0, 0.05) is 18.6 Å². The molecule has 2 saturated heterocycles. The largest absolute Gasteiger partial charge is 0.388 e. The summed E-state index contributed by atoms with van der Waals surface area (Å²) in [6, 6.07) is -2.20. The minimum Gasteiger partial charge on any atom is -0.388 e. The predicted molar refractivity (Wildman–Crippen MR) is 115 cm³/mol. The van der Waals surface area contributed by atoms with E-state index in [0.717, 1.165) is 12.8 Å². The molecule has 2 heterocycles. The van der Waals surface area contributed by atoms with Crippen LogP contribution in [0.4, 0.5) is 0 Å². The molecule has 3 fully saturated rings. The van der Waals surface area contributed by atoms with Gasteiger partial charge in [-0.1, -0.05) is 0 Å². The lowest BCUT2D eigenvalue weighted by Crippen LogP contribution is -2.68. The van der Waals surface area contributed by atoms with E-state index in [1.54, 1.807) is 14.0 Å². The number of hydrogen-bond acceptors (Lipinski definition) is 12. The van der Waals surface area contributed by atoms with Crippen molar-refractivity contribution < 1.29 is 34.3 Å². The first kappa shape index (κ1) is 26.1. The van der Waals surface area contributed by atoms with E-state index in [9.17, 15) is 15.3 Å². The summed E-state index contributed by atoms with van der Waals surface area (Å²) in [5, 5.41) is 38.1. The lowest BCUT2D eigenvalue weighted by molar-refractivity contribution is -0.306. The van der Waals surface area contributed by atoms with Crippen LogP contribution in [0.2, 0.25) is 0 Å². The van der Waals surface area contributed by atoms with E-state index in [0.29, 0.717) is 13.0 Å². The number of likely N-dealkylation sites (N-methyl/N-ethyl adjacent to an activating group) is 2. The van der Waals surface area contributed by atoms with E-state index in [4.69, 9.17) is 36.1 Å². The average molecular weight is 464 g/mol. The second-order valence-corrected chi connectivity index (χ2v) is 9.47. The summed E-state index contributed by atoms with van der Waals surface area (Å²) in [5.41, 5.74) is 17.4. The van der Waals surface area contributed by atoms with Crippen LogP contribution < -0.4 is 27.8 Å². The Bertz CT molecular complexity index is 603. The van der Waals surface area contributed by atoms with Gasteiger partial charge in [-0.25, -0.2) is 0 Å². The smallest absolute Gasteiger partial charge is 0.185 e. The normalized spacial score (nSPS) is 50.3. The summed E-state index contributed by atoms with van der Waals surface area (Å²) in [5.74, 6) is 0. The molecule has 188 valence electrons. The van der Waals surface area contributed by atoms with Gasteiger partial charge in [-0.15, -0.1) is 0 Å². The SMILES string of the molecule is CNC[C@@H]1CC[C@H](N)[C@H](O[C@H]2[C@H](O)[C@@H](O[C@@H]3OC[C@](C)(O)[C@H](NC)[C@@H]3O)[C@@H](N)C[C@H]2N)O1. The zero-order valence-corrected chi connectivity index (χ0v) is 19.1. The first-order chi connectivity index (χ1) is 15.1. The fourth-order valence-electron chi connectivity index (χ4n) is 4.90. The second kappa shape index (κ2) is 10.8. The maximum Gasteiger partial charge on any atom is 0.185 e. The highest BCUT2D eigenvalue weighted by molar-refractivity contribution is 5.01. The van der Waals surface area contributed by atoms with Gasteiger partial charge in [0.15, 0.2) is 12.6 Å². The fourth-order valence-corrected chi connectivity index (χ4v) is 4.90. The van der Waals surface area contributed by atoms with Gasteiger partial charge >= 0.3 is 0 Å². The number of aliphatic hydroxyl groups is 3. The molecule has 12 nitrogen and oxygen atoms in total. The number of nitrogens with two attached hydrogens (primary N) is 3. The second-order valence-electron chi connectivity index (χ2n) is 9.47. The van der Waals surface area contributed by atoms with E-state index < -0.39 is 60.7 Å². The number of hydrogen-bond donors (Lipinski definition) is 8. The van der Waals surface area contributed by atoms with Crippen LogP contribution >= 0.6 is 0 Å². The number of aliphatic hydroxyl groups excluding tert-OH is 2. The quantitative estimate of drug-likeness (QED) is 0.184. The average Bonchev–Trinajstić information content (AvgIpc) is 2.72. The third-order valence-electron chi connectivity index (χ3n) is 6.72. The van der Waals surface area contributed by atoms with Gasteiger partial charge in [0.2, 0.25) is 0 Å². The maximum absolute atomic E-state index is 11.1. The van der Waals surface area contributed by atoms with Crippen molar-refractivity contribution in [3.8, 4) is 0 Å². The van der Waals surface area contributed by atoms with Gasteiger partial charge in [0.05, 0.1) is 24.8 Å². The molecule has 0 bridgehead atoms. The molecular formula is C20H41N5O7. The summed E-state index contributed by atoms with van der Waals surface area (Å²) in [7, 11) is 3.47. The zero-order chi connectivity index (χ0) is 23.6. The molecule has 11 N–H and O–H groups in total. The summed E-state index contributed by atoms with van der Waals surface area (Å²) in [4.78, 5) is 0. The third kappa shape index (κ3) is 5.59. The molecule has 0 radical (unpaired) electrons. The first-order valence-electron chi connectivity index (χ1n) is 11.3. The molecule has 0 unspecified atom stereocenters. The van der Waals surface area contributed by atoms with Crippen molar-refractivity contribution in [1.82, 2.24) is 10.6 Å². The van der Waals surface area contributed by atoms with Gasteiger partial charge < -0.3 is 62.1 Å². The van der Waals surface area contributed by atoms with Gasteiger partial charge in [0.1, 0.15) is 30.0 Å². The highest BCUT2D eigenvalue weighted by atomic mass is 16.7. The molecule has 1 saturated carbocycles. The van der Waals surface area contributed by atoms with Crippen molar-refractivity contribution in [3.63, 3.8) is 0 Å². The van der Waals surface area contributed by atoms with E-state index in [1.807, 2.05) is 7.05 Å². The molecule has 3 aliphatic rings. The summed E-state index contributed by atoms with van der Waals surface area (Å²) in [6.07, 6.45) is -4.12. The van der Waals surface area contributed by atoms with E-state index in [1.165, 1.54) is 0 Å². The number of rotatable bonds is 7. The Morgan fingerprint density at radius 1 is 0.969 bits per heavy atom. The van der Waals surface area contributed by atoms with Crippen LogP contribution in [0.15, 0.2) is 0 Å². The minimum absolute atomic E-state index is 0.0480. The summed E-state index contributed by atoms with van der Waals surface area (Å²) >= 11 is 0. The molecule has 1 aliphatic carbocycles. The zero-order valence-electron chi connectivity index (χ0n) is 19.1. The van der Waals surface area contributed by atoms with Crippen molar-refractivity contribution >= 4 is 0 Å². The van der Waals surface area contributed by atoms with Crippen LogP contribution in [-0.4, -0.2) is 115 Å². The Labute approximate surface area is 189 Å². The lowest BCUT2D eigenvalue weighted by atomic mass is 9.84. The Morgan fingerprint density at radius 2 is 1.59 bits per heavy atom. The van der Waals surface area contributed by atoms with Crippen LogP contribution in [0.1, 0.15) is 26.2 Å². The Hall–Kier alpha value is -0.480. The van der Waals surface area contributed by atoms with E-state index in [2.05, 4.69) is 10.6 Å². The van der Waals surface area contributed by atoms with Crippen molar-refractivity contribution in [2.75, 3.05) is 27.2 Å². The summed E-state index contributed by atoms with van der Waals surface area (Å²) in [6.45, 7) is 2.16. The highest BCUT2D eigenvalue weighted by Gasteiger charge is 2.50. The molecule has 12 atom stereocenters. The molecule has 0 aromatic carbocycles. The number of ether oxygens (including phenoxy) is 4. The van der Waals surface area contributed by atoms with Gasteiger partial charge in [-0.3, -0.25) is 0 Å². The number of nitrogens with one attached hydrogen (secondary N) is 2. The highest BCUT2D eigenvalue weighted by Crippen LogP contribution is 2.31. The molecule has 3 rings (SSSR count). The Kier molecular flexibility index (Phi) is 8.86. The Morgan fingerprint density at radius 3 is 2.19 bits per heavy atom. The van der Waals surface area contributed by atoms with Gasteiger partial charge in [-0.05, 0) is 40.3 Å². The van der Waals surface area contributed by atoms with Gasteiger partial charge in [0.25, 0.3) is 0 Å². The van der Waals surface area contributed by atoms with Crippen LogP contribution in [0.5, 0.6) is 0 Å². The predicted octanol–water partition coefficient (Wildman–Crippen LogP) is -3.72. The molecule has 2 aliphatic heterocycles. The molecule has 12 heteroatoms. The standard InChI is InChI=1S/C20H41N5O7/c1-20(28)8-29-19(14(27)17(20)25-3)32-16-12(23)6-11(22)15(13(16)26)31-18-10(21)5-4-9(30-18)7-24-2/h9-19,24-28H,4-8,21-23H2,1-3H3/t9-,10-,11+,12-,13-,14-,15+,16-,17+,18-,19-,20-/m0/s1. The molecule has 32 heavy (non-hydrogen) atoms. The van der Waals surface area contributed by atoms with E-state index >= 15 is 0 Å². The molecule has 0 amide bonds. The topological polar surface area (TPSA) is 200 Å². The molecular weight excluding hydrogens is 422 g/mol. The van der Waals surface area contributed by atoms with E-state index in [-0.39, 0.29) is 18.8 Å². The minimum atomic E-state index is -1.28. The van der Waals surface area contributed by atoms with Crippen LogP contribution in [0, 0.1) is 0 Å². The fraction of sp³-hybridized carbons (Fsp3) is 1.00. The van der Waals surface area contributed by atoms with Crippen molar-refractivity contribution in [2.45, 2.75) is 99.1 Å². The summed E-state index contributed by atoms with van der Waals surface area (Å²) < 4.78 is 23.5. The maximum atomic E-state index is 11.1. The van der Waals surface area contributed by atoms with Crippen LogP contribution in [-0.2, 0) is 18.9 Å². The van der Waals surface area contributed by atoms with Crippen LogP contribution in [0.25, 0.3) is 0 Å². The Balaban J connectivity index is 1.67. The molecule has 0 aromatic rings. The van der Waals surface area contributed by atoms with Crippen LogP contribution in [0.3, 0.4) is 0 Å². The van der Waals surface area contributed by atoms with Gasteiger partial charge in [-0.2, -0.15) is 0 Å². The lowest BCUT2D eigenvalue weighted by Gasteiger charge is -2.48. The third-order valence-corrected chi connectivity index (χ3v) is 6.72. The van der Waals surface area contributed by atoms with Crippen molar-refractivity contribution in [1.29, 1.82) is 0 Å². The monoisotopic (exact) mass is 463 g/mol.